The van der Waals surface area contributed by atoms with E-state index >= 15 is 0 Å². The molecule has 0 aromatic carbocycles. The van der Waals surface area contributed by atoms with Crippen molar-refractivity contribution in [2.75, 3.05) is 0 Å². The molecule has 2 N–H and O–H groups in total. The molecule has 0 aliphatic rings. The number of nitrogens with two attached hydrogens (primary N) is 1. The van der Waals surface area contributed by atoms with E-state index in [4.69, 9.17) is 17.3 Å². The lowest BCUT2D eigenvalue weighted by Crippen LogP contribution is -2.17. The SMILES string of the molecule is CC(N)Cc1cn2cccc(Cl)c2n1. The van der Waals surface area contributed by atoms with Gasteiger partial charge in [-0.15, -0.1) is 0 Å². The molecule has 14 heavy (non-hydrogen) atoms. The van der Waals surface area contributed by atoms with Gasteiger partial charge in [0.2, 0.25) is 0 Å². The van der Waals surface area contributed by atoms with E-state index in [9.17, 15) is 0 Å². The van der Waals surface area contributed by atoms with Crippen molar-refractivity contribution < 1.29 is 0 Å². The number of imidazole rings is 1. The van der Waals surface area contributed by atoms with Crippen molar-refractivity contribution in [3.8, 4) is 0 Å². The Balaban J connectivity index is 2.46. The van der Waals surface area contributed by atoms with E-state index in [1.54, 1.807) is 0 Å². The molecule has 1 atom stereocenters. The molecule has 0 radical (unpaired) electrons. The zero-order chi connectivity index (χ0) is 10.1. The normalized spacial score (nSPS) is 13.4. The summed E-state index contributed by atoms with van der Waals surface area (Å²) in [7, 11) is 0. The van der Waals surface area contributed by atoms with Gasteiger partial charge in [-0.05, 0) is 19.1 Å². The van der Waals surface area contributed by atoms with Crippen LogP contribution in [0.3, 0.4) is 0 Å². The van der Waals surface area contributed by atoms with Crippen molar-refractivity contribution in [2.24, 2.45) is 5.73 Å². The molecule has 74 valence electrons. The molecule has 0 saturated heterocycles. The Kier molecular flexibility index (Phi) is 2.44. The molecule has 2 aromatic rings. The van der Waals surface area contributed by atoms with Crippen molar-refractivity contribution >= 4 is 17.2 Å². The Morgan fingerprint density at radius 3 is 3.07 bits per heavy atom. The van der Waals surface area contributed by atoms with E-state index in [1.807, 2.05) is 35.9 Å². The molecule has 2 heterocycles. The number of hydrogen-bond donors (Lipinski definition) is 1. The third-order valence-electron chi connectivity index (χ3n) is 2.02. The van der Waals surface area contributed by atoms with Crippen LogP contribution in [0.2, 0.25) is 5.02 Å². The third kappa shape index (κ3) is 1.74. The number of rotatable bonds is 2. The van der Waals surface area contributed by atoms with Gasteiger partial charge >= 0.3 is 0 Å². The van der Waals surface area contributed by atoms with Crippen LogP contribution in [-0.2, 0) is 6.42 Å². The van der Waals surface area contributed by atoms with Crippen LogP contribution >= 0.6 is 11.6 Å². The van der Waals surface area contributed by atoms with Crippen LogP contribution in [0.15, 0.2) is 24.5 Å². The molecule has 0 saturated carbocycles. The van der Waals surface area contributed by atoms with Gasteiger partial charge in [0.15, 0.2) is 5.65 Å². The lowest BCUT2D eigenvalue weighted by atomic mass is 10.2. The first-order chi connectivity index (χ1) is 6.66. The molecular formula is C10H12ClN3. The molecule has 0 aliphatic heterocycles. The standard InChI is InChI=1S/C10H12ClN3/c1-7(12)5-8-6-14-4-2-3-9(11)10(14)13-8/h2-4,6-7H,5,12H2,1H3. The maximum Gasteiger partial charge on any atom is 0.155 e. The minimum Gasteiger partial charge on any atom is -0.328 e. The van der Waals surface area contributed by atoms with Crippen molar-refractivity contribution in [1.82, 2.24) is 9.38 Å². The van der Waals surface area contributed by atoms with E-state index in [0.29, 0.717) is 5.02 Å². The summed E-state index contributed by atoms with van der Waals surface area (Å²) in [5, 5.41) is 0.670. The molecule has 0 aliphatic carbocycles. The highest BCUT2D eigenvalue weighted by atomic mass is 35.5. The van der Waals surface area contributed by atoms with E-state index in [0.717, 1.165) is 17.8 Å². The zero-order valence-electron chi connectivity index (χ0n) is 7.94. The number of pyridine rings is 1. The Bertz CT molecular complexity index is 448. The zero-order valence-corrected chi connectivity index (χ0v) is 8.70. The van der Waals surface area contributed by atoms with Crippen LogP contribution in [0, 0.1) is 0 Å². The van der Waals surface area contributed by atoms with Gasteiger partial charge in [0.25, 0.3) is 0 Å². The predicted octanol–water partition coefficient (Wildman–Crippen LogP) is 1.88. The van der Waals surface area contributed by atoms with Crippen molar-refractivity contribution in [2.45, 2.75) is 19.4 Å². The summed E-state index contributed by atoms with van der Waals surface area (Å²) < 4.78 is 1.92. The predicted molar refractivity (Wildman–Crippen MR) is 57.6 cm³/mol. The van der Waals surface area contributed by atoms with E-state index in [1.165, 1.54) is 0 Å². The fourth-order valence-corrected chi connectivity index (χ4v) is 1.67. The smallest absolute Gasteiger partial charge is 0.155 e. The van der Waals surface area contributed by atoms with Gasteiger partial charge in [0, 0.05) is 24.9 Å². The molecule has 2 rings (SSSR count). The van der Waals surface area contributed by atoms with Crippen LogP contribution in [0.1, 0.15) is 12.6 Å². The number of hydrogen-bond acceptors (Lipinski definition) is 2. The minimum absolute atomic E-state index is 0.124. The van der Waals surface area contributed by atoms with Gasteiger partial charge in [-0.2, -0.15) is 0 Å². The molecule has 0 amide bonds. The highest BCUT2D eigenvalue weighted by Crippen LogP contribution is 2.16. The van der Waals surface area contributed by atoms with Gasteiger partial charge < -0.3 is 10.1 Å². The summed E-state index contributed by atoms with van der Waals surface area (Å²) in [6, 6.07) is 3.85. The monoisotopic (exact) mass is 209 g/mol. The summed E-state index contributed by atoms with van der Waals surface area (Å²) in [6.45, 7) is 1.96. The first kappa shape index (κ1) is 9.49. The summed E-state index contributed by atoms with van der Waals surface area (Å²) in [6.07, 6.45) is 4.67. The first-order valence-corrected chi connectivity index (χ1v) is 4.92. The summed E-state index contributed by atoms with van der Waals surface area (Å²) in [5.74, 6) is 0. The topological polar surface area (TPSA) is 43.3 Å². The lowest BCUT2D eigenvalue weighted by molar-refractivity contribution is 0.726. The third-order valence-corrected chi connectivity index (χ3v) is 2.31. The number of nitrogens with zero attached hydrogens (tertiary/aromatic N) is 2. The van der Waals surface area contributed by atoms with Crippen LogP contribution in [0.4, 0.5) is 0 Å². The Labute approximate surface area is 87.5 Å². The molecule has 0 spiro atoms. The fourth-order valence-electron chi connectivity index (χ4n) is 1.46. The molecule has 0 bridgehead atoms. The largest absolute Gasteiger partial charge is 0.328 e. The van der Waals surface area contributed by atoms with Gasteiger partial charge in [0.05, 0.1) is 10.7 Å². The van der Waals surface area contributed by atoms with E-state index < -0.39 is 0 Å². The summed E-state index contributed by atoms with van der Waals surface area (Å²) >= 11 is 5.99. The molecule has 2 aromatic heterocycles. The van der Waals surface area contributed by atoms with E-state index in [-0.39, 0.29) is 6.04 Å². The molecule has 0 fully saturated rings. The van der Waals surface area contributed by atoms with Crippen LogP contribution in [0.5, 0.6) is 0 Å². The molecular weight excluding hydrogens is 198 g/mol. The Morgan fingerprint density at radius 1 is 1.64 bits per heavy atom. The maximum absolute atomic E-state index is 5.99. The highest BCUT2D eigenvalue weighted by molar-refractivity contribution is 6.33. The number of halogens is 1. The molecule has 4 heteroatoms. The lowest BCUT2D eigenvalue weighted by Gasteiger charge is -1.98. The van der Waals surface area contributed by atoms with Crippen LogP contribution in [-0.4, -0.2) is 15.4 Å². The average molecular weight is 210 g/mol. The average Bonchev–Trinajstić information content (AvgIpc) is 2.47. The Hall–Kier alpha value is -1.06. The van der Waals surface area contributed by atoms with Gasteiger partial charge in [-0.25, -0.2) is 4.98 Å². The van der Waals surface area contributed by atoms with Gasteiger partial charge in [-0.1, -0.05) is 11.6 Å². The molecule has 3 nitrogen and oxygen atoms in total. The van der Waals surface area contributed by atoms with Crippen LogP contribution < -0.4 is 5.73 Å². The van der Waals surface area contributed by atoms with Gasteiger partial charge in [0.1, 0.15) is 0 Å². The highest BCUT2D eigenvalue weighted by Gasteiger charge is 2.05. The Morgan fingerprint density at radius 2 is 2.43 bits per heavy atom. The van der Waals surface area contributed by atoms with Crippen molar-refractivity contribution in [3.63, 3.8) is 0 Å². The number of aromatic nitrogens is 2. The second-order valence-electron chi connectivity index (χ2n) is 3.50. The van der Waals surface area contributed by atoms with E-state index in [2.05, 4.69) is 4.98 Å². The quantitative estimate of drug-likeness (QED) is 0.821. The second kappa shape index (κ2) is 3.59. The summed E-state index contributed by atoms with van der Waals surface area (Å²) in [5.41, 5.74) is 7.48. The first-order valence-electron chi connectivity index (χ1n) is 4.54. The maximum atomic E-state index is 5.99. The van der Waals surface area contributed by atoms with Crippen molar-refractivity contribution in [1.29, 1.82) is 0 Å². The summed E-state index contributed by atoms with van der Waals surface area (Å²) in [4.78, 5) is 4.40. The number of fused-ring (bicyclic) bond motifs is 1. The minimum atomic E-state index is 0.124. The van der Waals surface area contributed by atoms with Crippen molar-refractivity contribution in [3.05, 3.63) is 35.2 Å². The second-order valence-corrected chi connectivity index (χ2v) is 3.91. The fraction of sp³-hybridized carbons (Fsp3) is 0.300. The van der Waals surface area contributed by atoms with Gasteiger partial charge in [-0.3, -0.25) is 0 Å². The van der Waals surface area contributed by atoms with Crippen LogP contribution in [0.25, 0.3) is 5.65 Å². The molecule has 1 unspecified atom stereocenters.